The zero-order valence-electron chi connectivity index (χ0n) is 12.8. The molecular formula is C17H19FN2O3. The maximum atomic E-state index is 12.9. The summed E-state index contributed by atoms with van der Waals surface area (Å²) in [5, 5.41) is 2.80. The van der Waals surface area contributed by atoms with Crippen LogP contribution in [-0.2, 0) is 17.8 Å². The SMILES string of the molecule is O=C(NCc1ccc(F)cc1)c1occc1CN1CCOCC1. The molecule has 2 aromatic rings. The Hall–Kier alpha value is -2.18. The maximum absolute atomic E-state index is 12.9. The van der Waals surface area contributed by atoms with E-state index in [-0.39, 0.29) is 11.7 Å². The Bertz CT molecular complexity index is 648. The summed E-state index contributed by atoms with van der Waals surface area (Å²) in [5.41, 5.74) is 1.70. The molecule has 1 amide bonds. The second-order valence-electron chi connectivity index (χ2n) is 5.47. The van der Waals surface area contributed by atoms with Crippen molar-refractivity contribution in [3.8, 4) is 0 Å². The zero-order chi connectivity index (χ0) is 16.1. The molecule has 2 heterocycles. The van der Waals surface area contributed by atoms with Gasteiger partial charge in [0.1, 0.15) is 5.82 Å². The molecule has 1 aliphatic heterocycles. The molecule has 1 N–H and O–H groups in total. The highest BCUT2D eigenvalue weighted by molar-refractivity contribution is 5.92. The van der Waals surface area contributed by atoms with E-state index in [2.05, 4.69) is 10.2 Å². The molecule has 6 heteroatoms. The van der Waals surface area contributed by atoms with Gasteiger partial charge in [0.25, 0.3) is 5.91 Å². The summed E-state index contributed by atoms with van der Waals surface area (Å²) >= 11 is 0. The molecule has 0 radical (unpaired) electrons. The molecule has 122 valence electrons. The van der Waals surface area contributed by atoms with Gasteiger partial charge in [-0.1, -0.05) is 12.1 Å². The highest BCUT2D eigenvalue weighted by Crippen LogP contribution is 2.14. The smallest absolute Gasteiger partial charge is 0.287 e. The number of carbonyl (C=O) groups is 1. The van der Waals surface area contributed by atoms with E-state index >= 15 is 0 Å². The topological polar surface area (TPSA) is 54.7 Å². The summed E-state index contributed by atoms with van der Waals surface area (Å²) in [6.45, 7) is 4.12. The summed E-state index contributed by atoms with van der Waals surface area (Å²) in [6, 6.07) is 7.86. The molecule has 0 bridgehead atoms. The number of furan rings is 1. The molecule has 3 rings (SSSR count). The molecule has 0 saturated carbocycles. The molecule has 0 aliphatic carbocycles. The molecule has 1 fully saturated rings. The van der Waals surface area contributed by atoms with Crippen molar-refractivity contribution in [2.24, 2.45) is 0 Å². The molecule has 0 unspecified atom stereocenters. The fourth-order valence-electron chi connectivity index (χ4n) is 2.52. The quantitative estimate of drug-likeness (QED) is 0.918. The highest BCUT2D eigenvalue weighted by Gasteiger charge is 2.19. The van der Waals surface area contributed by atoms with Crippen molar-refractivity contribution in [2.75, 3.05) is 26.3 Å². The molecule has 23 heavy (non-hydrogen) atoms. The van der Waals surface area contributed by atoms with Crippen LogP contribution >= 0.6 is 0 Å². The van der Waals surface area contributed by atoms with Crippen LogP contribution in [0.3, 0.4) is 0 Å². The highest BCUT2D eigenvalue weighted by atomic mass is 19.1. The molecule has 0 spiro atoms. The number of hydrogen-bond donors (Lipinski definition) is 1. The molecular weight excluding hydrogens is 299 g/mol. The second-order valence-corrected chi connectivity index (χ2v) is 5.47. The largest absolute Gasteiger partial charge is 0.459 e. The van der Waals surface area contributed by atoms with E-state index in [9.17, 15) is 9.18 Å². The normalized spacial score (nSPS) is 15.5. The van der Waals surface area contributed by atoms with E-state index in [1.54, 1.807) is 12.1 Å². The first-order valence-corrected chi connectivity index (χ1v) is 7.61. The van der Waals surface area contributed by atoms with Crippen molar-refractivity contribution in [1.82, 2.24) is 10.2 Å². The van der Waals surface area contributed by atoms with Crippen molar-refractivity contribution < 1.29 is 18.3 Å². The molecule has 5 nitrogen and oxygen atoms in total. The second kappa shape index (κ2) is 7.39. The van der Waals surface area contributed by atoms with Crippen LogP contribution in [0.5, 0.6) is 0 Å². The van der Waals surface area contributed by atoms with Crippen LogP contribution in [0.4, 0.5) is 4.39 Å². The maximum Gasteiger partial charge on any atom is 0.287 e. The Morgan fingerprint density at radius 1 is 1.17 bits per heavy atom. The predicted molar refractivity (Wildman–Crippen MR) is 82.4 cm³/mol. The van der Waals surface area contributed by atoms with Gasteiger partial charge in [0, 0.05) is 31.7 Å². The summed E-state index contributed by atoms with van der Waals surface area (Å²) in [5.74, 6) is -0.222. The zero-order valence-corrected chi connectivity index (χ0v) is 12.8. The number of ether oxygens (including phenoxy) is 1. The summed E-state index contributed by atoms with van der Waals surface area (Å²) in [7, 11) is 0. The third kappa shape index (κ3) is 4.18. The van der Waals surface area contributed by atoms with Gasteiger partial charge in [0.15, 0.2) is 5.76 Å². The third-order valence-corrected chi connectivity index (χ3v) is 3.82. The first-order chi connectivity index (χ1) is 11.2. The monoisotopic (exact) mass is 318 g/mol. The molecule has 1 aliphatic rings. The van der Waals surface area contributed by atoms with Gasteiger partial charge in [-0.3, -0.25) is 9.69 Å². The van der Waals surface area contributed by atoms with Gasteiger partial charge in [-0.2, -0.15) is 0 Å². The average Bonchev–Trinajstić information content (AvgIpc) is 3.03. The van der Waals surface area contributed by atoms with Crippen molar-refractivity contribution in [3.05, 3.63) is 59.3 Å². The molecule has 0 atom stereocenters. The van der Waals surface area contributed by atoms with E-state index in [4.69, 9.17) is 9.15 Å². The van der Waals surface area contributed by atoms with Gasteiger partial charge in [0.05, 0.1) is 19.5 Å². The lowest BCUT2D eigenvalue weighted by Gasteiger charge is -2.26. The number of nitrogens with zero attached hydrogens (tertiary/aromatic N) is 1. The van der Waals surface area contributed by atoms with Crippen LogP contribution in [0.15, 0.2) is 41.0 Å². The van der Waals surface area contributed by atoms with Crippen molar-refractivity contribution in [1.29, 1.82) is 0 Å². The number of morpholine rings is 1. The Morgan fingerprint density at radius 3 is 2.65 bits per heavy atom. The number of benzene rings is 1. The standard InChI is InChI=1S/C17H19FN2O3/c18-15-3-1-13(2-4-15)11-19-17(21)16-14(5-8-23-16)12-20-6-9-22-10-7-20/h1-5,8H,6-7,9-12H2,(H,19,21). The summed E-state index contributed by atoms with van der Waals surface area (Å²) in [4.78, 5) is 14.5. The Labute approximate surface area is 134 Å². The van der Waals surface area contributed by atoms with Gasteiger partial charge >= 0.3 is 0 Å². The third-order valence-electron chi connectivity index (χ3n) is 3.82. The Morgan fingerprint density at radius 2 is 1.91 bits per heavy atom. The first kappa shape index (κ1) is 15.7. The van der Waals surface area contributed by atoms with Crippen LogP contribution in [0, 0.1) is 5.82 Å². The summed E-state index contributed by atoms with van der Waals surface area (Å²) in [6.07, 6.45) is 1.53. The van der Waals surface area contributed by atoms with Gasteiger partial charge in [-0.05, 0) is 23.8 Å². The van der Waals surface area contributed by atoms with Crippen LogP contribution in [0.25, 0.3) is 0 Å². The fraction of sp³-hybridized carbons (Fsp3) is 0.353. The van der Waals surface area contributed by atoms with E-state index in [0.717, 1.165) is 24.2 Å². The molecule has 1 aromatic carbocycles. The first-order valence-electron chi connectivity index (χ1n) is 7.61. The number of halogens is 1. The number of carbonyl (C=O) groups excluding carboxylic acids is 1. The number of nitrogens with one attached hydrogen (secondary N) is 1. The number of rotatable bonds is 5. The Kier molecular flexibility index (Phi) is 5.05. The van der Waals surface area contributed by atoms with Crippen LogP contribution in [0.1, 0.15) is 21.7 Å². The van der Waals surface area contributed by atoms with Gasteiger partial charge in [0.2, 0.25) is 0 Å². The van der Waals surface area contributed by atoms with E-state index in [1.807, 2.05) is 6.07 Å². The average molecular weight is 318 g/mol. The molecule has 1 aromatic heterocycles. The van der Waals surface area contributed by atoms with Gasteiger partial charge in [-0.15, -0.1) is 0 Å². The minimum absolute atomic E-state index is 0.261. The van der Waals surface area contributed by atoms with Crippen LogP contribution in [-0.4, -0.2) is 37.1 Å². The lowest BCUT2D eigenvalue weighted by Crippen LogP contribution is -2.36. The number of amides is 1. The lowest BCUT2D eigenvalue weighted by atomic mass is 10.2. The van der Waals surface area contributed by atoms with E-state index < -0.39 is 0 Å². The van der Waals surface area contributed by atoms with Crippen LogP contribution < -0.4 is 5.32 Å². The van der Waals surface area contributed by atoms with Gasteiger partial charge in [-0.25, -0.2) is 4.39 Å². The van der Waals surface area contributed by atoms with Crippen molar-refractivity contribution in [2.45, 2.75) is 13.1 Å². The number of hydrogen-bond acceptors (Lipinski definition) is 4. The van der Waals surface area contributed by atoms with Crippen molar-refractivity contribution >= 4 is 5.91 Å². The van der Waals surface area contributed by atoms with Crippen molar-refractivity contribution in [3.63, 3.8) is 0 Å². The lowest BCUT2D eigenvalue weighted by molar-refractivity contribution is 0.0339. The van der Waals surface area contributed by atoms with Gasteiger partial charge < -0.3 is 14.5 Å². The molecule has 1 saturated heterocycles. The Balaban J connectivity index is 1.59. The van der Waals surface area contributed by atoms with E-state index in [0.29, 0.717) is 32.1 Å². The fourth-order valence-corrected chi connectivity index (χ4v) is 2.52. The minimum Gasteiger partial charge on any atom is -0.459 e. The summed E-state index contributed by atoms with van der Waals surface area (Å²) < 4.78 is 23.5. The minimum atomic E-state index is -0.293. The predicted octanol–water partition coefficient (Wildman–Crippen LogP) is 2.18. The van der Waals surface area contributed by atoms with E-state index in [1.165, 1.54) is 18.4 Å². The van der Waals surface area contributed by atoms with Crippen LogP contribution in [0.2, 0.25) is 0 Å².